The molecule has 1 aliphatic carbocycles. The number of carboxylic acid groups (broad SMARTS) is 1. The van der Waals surface area contributed by atoms with Crippen molar-refractivity contribution in [3.63, 3.8) is 0 Å². The van der Waals surface area contributed by atoms with Crippen LogP contribution in [0.25, 0.3) is 0 Å². The lowest BCUT2D eigenvalue weighted by Crippen LogP contribution is -2.59. The lowest BCUT2D eigenvalue weighted by atomic mass is 9.68. The first-order valence-corrected chi connectivity index (χ1v) is 12.4. The number of nitrogens with zero attached hydrogens (tertiary/aromatic N) is 1. The summed E-state index contributed by atoms with van der Waals surface area (Å²) in [5, 5.41) is 13.3. The van der Waals surface area contributed by atoms with Gasteiger partial charge in [0.1, 0.15) is 0 Å². The molecule has 1 fully saturated rings. The fourth-order valence-electron chi connectivity index (χ4n) is 4.81. The maximum Gasteiger partial charge on any atom is 0.322 e. The molecule has 2 aliphatic rings. The number of halogens is 1. The minimum Gasteiger partial charge on any atom is -0.481 e. The van der Waals surface area contributed by atoms with E-state index in [9.17, 15) is 14.7 Å². The van der Waals surface area contributed by atoms with E-state index >= 15 is 0 Å². The van der Waals surface area contributed by atoms with Gasteiger partial charge in [-0.25, -0.2) is 4.79 Å². The van der Waals surface area contributed by atoms with Gasteiger partial charge in [0.25, 0.3) is 0 Å². The number of hydrogen-bond donors (Lipinski definition) is 2. The molecule has 0 spiro atoms. The third-order valence-electron chi connectivity index (χ3n) is 7.33. The lowest BCUT2D eigenvalue weighted by Gasteiger charge is -2.49. The minimum absolute atomic E-state index is 0.0737. The van der Waals surface area contributed by atoms with Crippen LogP contribution in [-0.4, -0.2) is 28.0 Å². The van der Waals surface area contributed by atoms with Crippen LogP contribution in [-0.2, 0) is 16.8 Å². The Morgan fingerprint density at radius 2 is 1.88 bits per heavy atom. The Morgan fingerprint density at radius 3 is 2.39 bits per heavy atom. The molecule has 0 aromatic heterocycles. The number of carbonyl (C=O) groups excluding carboxylic acids is 1. The van der Waals surface area contributed by atoms with Crippen molar-refractivity contribution in [1.82, 2.24) is 10.2 Å². The molecule has 2 N–H and O–H groups in total. The maximum atomic E-state index is 13.2. The highest BCUT2D eigenvalue weighted by atomic mass is 35.5. The van der Waals surface area contributed by atoms with Gasteiger partial charge in [-0.15, -0.1) is 0 Å². The minimum atomic E-state index is -0.813. The fourth-order valence-corrected chi connectivity index (χ4v) is 5.09. The van der Waals surface area contributed by atoms with E-state index in [0.29, 0.717) is 11.4 Å². The fraction of sp³-hybridized carbons (Fsp3) is 0.630. The number of hydrogen-bond acceptors (Lipinski definition) is 2. The monoisotopic (exact) mass is 474 g/mol. The number of nitrogens with one attached hydrogen (secondary N) is 1. The molecule has 1 unspecified atom stereocenters. The summed E-state index contributed by atoms with van der Waals surface area (Å²) >= 11 is 6.73. The van der Waals surface area contributed by atoms with Crippen LogP contribution in [0.1, 0.15) is 91.2 Å². The zero-order valence-corrected chi connectivity index (χ0v) is 21.7. The molecule has 33 heavy (non-hydrogen) atoms. The summed E-state index contributed by atoms with van der Waals surface area (Å²) in [5.41, 5.74) is 2.06. The Kier molecular flexibility index (Phi) is 7.24. The van der Waals surface area contributed by atoms with Crippen molar-refractivity contribution in [2.24, 2.45) is 10.8 Å². The number of aliphatic carboxylic acids is 1. The number of carbonyl (C=O) groups is 2. The molecule has 2 amide bonds. The van der Waals surface area contributed by atoms with E-state index < -0.39 is 16.9 Å². The molecule has 0 saturated heterocycles. The Morgan fingerprint density at radius 1 is 1.21 bits per heavy atom. The van der Waals surface area contributed by atoms with E-state index in [4.69, 9.17) is 11.6 Å². The lowest BCUT2D eigenvalue weighted by molar-refractivity contribution is -0.137. The first-order valence-electron chi connectivity index (χ1n) is 12.1. The predicted octanol–water partition coefficient (Wildman–Crippen LogP) is 6.89. The highest BCUT2D eigenvalue weighted by molar-refractivity contribution is 6.31. The summed E-state index contributed by atoms with van der Waals surface area (Å²) in [6, 6.07) is 6.21. The highest BCUT2D eigenvalue weighted by Crippen LogP contribution is 2.47. The summed E-state index contributed by atoms with van der Waals surface area (Å²) in [6.45, 7) is 12.8. The molecule has 1 aliphatic heterocycles. The number of carboxylic acids is 1. The van der Waals surface area contributed by atoms with Gasteiger partial charge in [-0.3, -0.25) is 9.69 Å². The molecule has 5 nitrogen and oxygen atoms in total. The molecule has 0 bridgehead atoms. The second-order valence-electron chi connectivity index (χ2n) is 11.7. The SMILES string of the molecule is CC(C)(C)CCc1ccc(C2(C)NC(=O)N(C3CCC3)C=C2C(C)(C)CCC(=O)O)cc1Cl. The van der Waals surface area contributed by atoms with Crippen molar-refractivity contribution in [2.45, 2.75) is 98.1 Å². The normalized spacial score (nSPS) is 22.0. The third kappa shape index (κ3) is 5.74. The molecule has 1 aromatic carbocycles. The van der Waals surface area contributed by atoms with E-state index in [2.05, 4.69) is 52.1 Å². The van der Waals surface area contributed by atoms with Crippen molar-refractivity contribution >= 4 is 23.6 Å². The standard InChI is InChI=1S/C27H39ClN2O3/c1-25(2,3)14-12-18-10-11-19(16-21(18)28)27(6)22(26(4,5)15-13-23(31)32)17-30(24(33)29-27)20-8-7-9-20/h10-11,16-17,20H,7-9,12-15H2,1-6H3,(H,29,33)(H,31,32). The topological polar surface area (TPSA) is 69.6 Å². The summed E-state index contributed by atoms with van der Waals surface area (Å²) in [6.07, 6.45) is 7.60. The number of urea groups is 1. The molecule has 6 heteroatoms. The van der Waals surface area contributed by atoms with Gasteiger partial charge in [0, 0.05) is 23.7 Å². The zero-order chi connectivity index (χ0) is 24.6. The van der Waals surface area contributed by atoms with Crippen molar-refractivity contribution in [3.05, 3.63) is 46.1 Å². The van der Waals surface area contributed by atoms with Gasteiger partial charge in [0.05, 0.1) is 5.54 Å². The molecular formula is C27H39ClN2O3. The molecule has 1 heterocycles. The quantitative estimate of drug-likeness (QED) is 0.431. The second-order valence-corrected chi connectivity index (χ2v) is 12.1. The number of amides is 2. The van der Waals surface area contributed by atoms with E-state index in [-0.39, 0.29) is 23.9 Å². The Labute approximate surface area is 203 Å². The Bertz CT molecular complexity index is 943. The Balaban J connectivity index is 2.00. The van der Waals surface area contributed by atoms with Crippen LogP contribution in [0.3, 0.4) is 0 Å². The van der Waals surface area contributed by atoms with Crippen LogP contribution in [0.2, 0.25) is 5.02 Å². The van der Waals surface area contributed by atoms with Crippen molar-refractivity contribution in [3.8, 4) is 0 Å². The van der Waals surface area contributed by atoms with Gasteiger partial charge < -0.3 is 10.4 Å². The molecule has 0 radical (unpaired) electrons. The molecule has 1 aromatic rings. The smallest absolute Gasteiger partial charge is 0.322 e. The zero-order valence-electron chi connectivity index (χ0n) is 20.9. The van der Waals surface area contributed by atoms with Crippen LogP contribution in [0.15, 0.2) is 30.0 Å². The van der Waals surface area contributed by atoms with E-state index in [0.717, 1.165) is 48.8 Å². The van der Waals surface area contributed by atoms with E-state index in [1.54, 1.807) is 0 Å². The predicted molar refractivity (Wildman–Crippen MR) is 133 cm³/mol. The van der Waals surface area contributed by atoms with Gasteiger partial charge in [-0.1, -0.05) is 58.4 Å². The third-order valence-corrected chi connectivity index (χ3v) is 7.69. The number of benzene rings is 1. The highest BCUT2D eigenvalue weighted by Gasteiger charge is 2.46. The van der Waals surface area contributed by atoms with Crippen LogP contribution < -0.4 is 5.32 Å². The average molecular weight is 475 g/mol. The largest absolute Gasteiger partial charge is 0.481 e. The van der Waals surface area contributed by atoms with Crippen molar-refractivity contribution in [1.29, 1.82) is 0 Å². The van der Waals surface area contributed by atoms with Gasteiger partial charge in [-0.2, -0.15) is 0 Å². The maximum absolute atomic E-state index is 13.2. The van der Waals surface area contributed by atoms with Crippen molar-refractivity contribution in [2.75, 3.05) is 0 Å². The summed E-state index contributed by atoms with van der Waals surface area (Å²) in [5.74, 6) is -0.813. The summed E-state index contributed by atoms with van der Waals surface area (Å²) < 4.78 is 0. The second kappa shape index (κ2) is 9.32. The van der Waals surface area contributed by atoms with Crippen LogP contribution in [0.5, 0.6) is 0 Å². The first-order chi connectivity index (χ1) is 15.2. The van der Waals surface area contributed by atoms with E-state index in [1.807, 2.05) is 24.1 Å². The van der Waals surface area contributed by atoms with Gasteiger partial charge in [0.15, 0.2) is 0 Å². The molecule has 1 saturated carbocycles. The molecule has 182 valence electrons. The number of aryl methyl sites for hydroxylation is 1. The van der Waals surface area contributed by atoms with E-state index in [1.165, 1.54) is 0 Å². The molecule has 1 atom stereocenters. The summed E-state index contributed by atoms with van der Waals surface area (Å²) in [7, 11) is 0. The van der Waals surface area contributed by atoms with Crippen molar-refractivity contribution < 1.29 is 14.7 Å². The molecular weight excluding hydrogens is 436 g/mol. The molecule has 3 rings (SSSR count). The number of rotatable bonds is 8. The van der Waals surface area contributed by atoms with Crippen LogP contribution in [0.4, 0.5) is 4.79 Å². The summed E-state index contributed by atoms with van der Waals surface area (Å²) in [4.78, 5) is 26.3. The van der Waals surface area contributed by atoms with Gasteiger partial charge in [-0.05, 0) is 79.0 Å². The average Bonchev–Trinajstić information content (AvgIpc) is 2.65. The van der Waals surface area contributed by atoms with Crippen LogP contribution in [0, 0.1) is 10.8 Å². The Hall–Kier alpha value is -2.01. The van der Waals surface area contributed by atoms with Gasteiger partial charge >= 0.3 is 12.0 Å². The van der Waals surface area contributed by atoms with Gasteiger partial charge in [0.2, 0.25) is 0 Å². The van der Waals surface area contributed by atoms with Crippen LogP contribution >= 0.6 is 11.6 Å². The first kappa shape index (κ1) is 25.6.